The van der Waals surface area contributed by atoms with E-state index in [0.717, 1.165) is 24.4 Å². The van der Waals surface area contributed by atoms with Crippen LogP contribution in [0.1, 0.15) is 22.3 Å². The molecule has 3 aromatic rings. The molecule has 0 radical (unpaired) electrons. The third-order valence-electron chi connectivity index (χ3n) is 3.54. The van der Waals surface area contributed by atoms with E-state index in [-0.39, 0.29) is 17.0 Å². The second-order valence-corrected chi connectivity index (χ2v) is 6.16. The summed E-state index contributed by atoms with van der Waals surface area (Å²) in [7, 11) is 0. The average molecular weight is 343 g/mol. The van der Waals surface area contributed by atoms with E-state index in [4.69, 9.17) is 4.74 Å². The third-order valence-corrected chi connectivity index (χ3v) is 4.49. The molecule has 0 bridgehead atoms. The van der Waals surface area contributed by atoms with Gasteiger partial charge in [-0.1, -0.05) is 11.3 Å². The Balaban J connectivity index is 1.46. The summed E-state index contributed by atoms with van der Waals surface area (Å²) < 4.78 is 7.15. The predicted molar refractivity (Wildman–Crippen MR) is 85.6 cm³/mol. The van der Waals surface area contributed by atoms with Crippen molar-refractivity contribution in [2.45, 2.75) is 12.5 Å². The predicted octanol–water partition coefficient (Wildman–Crippen LogP) is 1.41. The van der Waals surface area contributed by atoms with Crippen molar-refractivity contribution < 1.29 is 9.53 Å². The number of carbonyl (C=O) groups is 1. The summed E-state index contributed by atoms with van der Waals surface area (Å²) in [5.41, 5.74) is 1.20. The van der Waals surface area contributed by atoms with Gasteiger partial charge in [0.05, 0.1) is 30.7 Å². The van der Waals surface area contributed by atoms with Crippen LogP contribution in [0.25, 0.3) is 10.7 Å². The van der Waals surface area contributed by atoms with Crippen molar-refractivity contribution >= 4 is 22.9 Å². The first kappa shape index (κ1) is 14.8. The number of ether oxygens (including phenoxy) is 1. The summed E-state index contributed by atoms with van der Waals surface area (Å²) in [5, 5.41) is 15.7. The van der Waals surface area contributed by atoms with E-state index in [1.54, 1.807) is 31.0 Å². The lowest BCUT2D eigenvalue weighted by atomic mass is 10.3. The summed E-state index contributed by atoms with van der Waals surface area (Å²) in [4.78, 5) is 20.4. The molecular formula is C14H13N7O2S. The van der Waals surface area contributed by atoms with Crippen molar-refractivity contribution in [3.05, 3.63) is 36.0 Å². The van der Waals surface area contributed by atoms with Gasteiger partial charge in [-0.05, 0) is 6.42 Å². The highest BCUT2D eigenvalue weighted by molar-refractivity contribution is 7.16. The lowest BCUT2D eigenvalue weighted by Gasteiger charge is -2.06. The van der Waals surface area contributed by atoms with Crippen LogP contribution in [0.15, 0.2) is 31.0 Å². The molecular weight excluding hydrogens is 330 g/mol. The molecule has 1 aliphatic heterocycles. The molecule has 3 aromatic heterocycles. The summed E-state index contributed by atoms with van der Waals surface area (Å²) in [5.74, 6) is -0.329. The normalized spacial score (nSPS) is 17.1. The molecule has 1 fully saturated rings. The number of aromatic nitrogens is 6. The molecule has 1 amide bonds. The molecule has 24 heavy (non-hydrogen) atoms. The molecule has 4 rings (SSSR count). The summed E-state index contributed by atoms with van der Waals surface area (Å²) in [6, 6.07) is 0.223. The van der Waals surface area contributed by atoms with Crippen LogP contribution in [0.2, 0.25) is 0 Å². The molecule has 9 nitrogen and oxygen atoms in total. The summed E-state index contributed by atoms with van der Waals surface area (Å²) in [6.07, 6.45) is 9.05. The fourth-order valence-electron chi connectivity index (χ4n) is 2.35. The second kappa shape index (κ2) is 6.42. The van der Waals surface area contributed by atoms with Crippen molar-refractivity contribution in [2.24, 2.45) is 0 Å². The average Bonchev–Trinajstić information content (AvgIpc) is 3.36. The van der Waals surface area contributed by atoms with Crippen LogP contribution in [0.4, 0.5) is 5.69 Å². The highest BCUT2D eigenvalue weighted by atomic mass is 32.1. The summed E-state index contributed by atoms with van der Waals surface area (Å²) in [6.45, 7) is 1.38. The van der Waals surface area contributed by atoms with Crippen molar-refractivity contribution in [2.75, 3.05) is 18.5 Å². The van der Waals surface area contributed by atoms with E-state index in [0.29, 0.717) is 23.0 Å². The van der Waals surface area contributed by atoms with E-state index in [9.17, 15) is 4.79 Å². The van der Waals surface area contributed by atoms with E-state index in [1.165, 1.54) is 0 Å². The Hall–Kier alpha value is -2.72. The molecule has 1 aliphatic rings. The highest BCUT2D eigenvalue weighted by Crippen LogP contribution is 2.22. The first-order chi connectivity index (χ1) is 11.8. The number of amides is 1. The number of nitrogens with one attached hydrogen (secondary N) is 1. The Morgan fingerprint density at radius 1 is 1.33 bits per heavy atom. The van der Waals surface area contributed by atoms with E-state index in [2.05, 4.69) is 30.6 Å². The van der Waals surface area contributed by atoms with Crippen LogP contribution < -0.4 is 5.32 Å². The zero-order chi connectivity index (χ0) is 16.4. The van der Waals surface area contributed by atoms with Gasteiger partial charge in [-0.25, -0.2) is 0 Å². The van der Waals surface area contributed by atoms with Gasteiger partial charge >= 0.3 is 0 Å². The molecule has 122 valence electrons. The Morgan fingerprint density at radius 3 is 3.08 bits per heavy atom. The minimum atomic E-state index is -0.329. The lowest BCUT2D eigenvalue weighted by Crippen LogP contribution is -2.11. The second-order valence-electron chi connectivity index (χ2n) is 5.18. The molecule has 0 saturated carbocycles. The SMILES string of the molecule is O=C(Nc1cnn(C2CCOC2)c1)c1nnc(-c2cnccn2)s1. The number of nitrogens with zero attached hydrogens (tertiary/aromatic N) is 6. The monoisotopic (exact) mass is 343 g/mol. The number of anilines is 1. The maximum absolute atomic E-state index is 12.3. The van der Waals surface area contributed by atoms with Crippen LogP contribution in [0.5, 0.6) is 0 Å². The van der Waals surface area contributed by atoms with Crippen LogP contribution >= 0.6 is 11.3 Å². The van der Waals surface area contributed by atoms with E-state index >= 15 is 0 Å². The molecule has 1 saturated heterocycles. The fraction of sp³-hybridized carbons (Fsp3) is 0.286. The maximum Gasteiger partial charge on any atom is 0.286 e. The standard InChI is InChI=1S/C14H13N7O2S/c22-12(14-20-19-13(24-14)11-6-15-2-3-16-11)18-9-5-17-21(7-9)10-1-4-23-8-10/h2-3,5-7,10H,1,4,8H2,(H,18,22). The van der Waals surface area contributed by atoms with Crippen LogP contribution in [0.3, 0.4) is 0 Å². The molecule has 0 aromatic carbocycles. The lowest BCUT2D eigenvalue weighted by molar-refractivity contribution is 0.102. The largest absolute Gasteiger partial charge is 0.379 e. The Labute approximate surface area is 140 Å². The number of rotatable bonds is 4. The minimum Gasteiger partial charge on any atom is -0.379 e. The van der Waals surface area contributed by atoms with Crippen molar-refractivity contribution in [1.29, 1.82) is 0 Å². The Kier molecular flexibility index (Phi) is 3.97. The van der Waals surface area contributed by atoms with Gasteiger partial charge in [0.25, 0.3) is 5.91 Å². The number of hydrogen-bond donors (Lipinski definition) is 1. The fourth-order valence-corrected chi connectivity index (χ4v) is 3.05. The van der Waals surface area contributed by atoms with Crippen molar-refractivity contribution in [1.82, 2.24) is 29.9 Å². The van der Waals surface area contributed by atoms with Gasteiger partial charge in [0.1, 0.15) is 5.69 Å². The van der Waals surface area contributed by atoms with Gasteiger partial charge in [0, 0.05) is 25.2 Å². The van der Waals surface area contributed by atoms with Gasteiger partial charge in [-0.2, -0.15) is 5.10 Å². The Bertz CT molecular complexity index is 842. The van der Waals surface area contributed by atoms with Crippen molar-refractivity contribution in [3.8, 4) is 10.7 Å². The van der Waals surface area contributed by atoms with Gasteiger partial charge in [-0.15, -0.1) is 10.2 Å². The van der Waals surface area contributed by atoms with Crippen LogP contribution in [-0.4, -0.2) is 49.1 Å². The van der Waals surface area contributed by atoms with Crippen LogP contribution in [-0.2, 0) is 4.74 Å². The third kappa shape index (κ3) is 3.01. The van der Waals surface area contributed by atoms with Gasteiger partial charge in [-0.3, -0.25) is 19.4 Å². The summed E-state index contributed by atoms with van der Waals surface area (Å²) >= 11 is 1.16. The zero-order valence-electron chi connectivity index (χ0n) is 12.5. The molecule has 0 aliphatic carbocycles. The topological polar surface area (TPSA) is 108 Å². The molecule has 4 heterocycles. The molecule has 1 atom stereocenters. The quantitative estimate of drug-likeness (QED) is 0.763. The van der Waals surface area contributed by atoms with Gasteiger partial charge < -0.3 is 10.1 Å². The first-order valence-electron chi connectivity index (χ1n) is 7.33. The van der Waals surface area contributed by atoms with Crippen molar-refractivity contribution in [3.63, 3.8) is 0 Å². The number of hydrogen-bond acceptors (Lipinski definition) is 8. The molecule has 1 N–H and O–H groups in total. The molecule has 0 spiro atoms. The van der Waals surface area contributed by atoms with Gasteiger partial charge in [0.2, 0.25) is 5.01 Å². The molecule has 1 unspecified atom stereocenters. The van der Waals surface area contributed by atoms with Crippen LogP contribution in [0, 0.1) is 0 Å². The maximum atomic E-state index is 12.3. The Morgan fingerprint density at radius 2 is 2.29 bits per heavy atom. The molecule has 10 heteroatoms. The first-order valence-corrected chi connectivity index (χ1v) is 8.14. The smallest absolute Gasteiger partial charge is 0.286 e. The van der Waals surface area contributed by atoms with Gasteiger partial charge in [0.15, 0.2) is 5.01 Å². The van der Waals surface area contributed by atoms with E-state index in [1.807, 2.05) is 4.68 Å². The minimum absolute atomic E-state index is 0.223. The van der Waals surface area contributed by atoms with E-state index < -0.39 is 0 Å². The number of carbonyl (C=O) groups excluding carboxylic acids is 1. The zero-order valence-corrected chi connectivity index (χ0v) is 13.3. The highest BCUT2D eigenvalue weighted by Gasteiger charge is 2.20.